The molecule has 1 aliphatic heterocycles. The van der Waals surface area contributed by atoms with Crippen molar-refractivity contribution in [3.05, 3.63) is 18.3 Å². The summed E-state index contributed by atoms with van der Waals surface area (Å²) in [4.78, 5) is 8.69. The normalized spacial score (nSPS) is 17.9. The predicted octanol–water partition coefficient (Wildman–Crippen LogP) is 0.634. The van der Waals surface area contributed by atoms with Crippen molar-refractivity contribution in [2.45, 2.75) is 0 Å². The lowest BCUT2D eigenvalue weighted by Gasteiger charge is -2.33. The highest BCUT2D eigenvalue weighted by molar-refractivity contribution is 5.49. The van der Waals surface area contributed by atoms with Gasteiger partial charge in [0.15, 0.2) is 0 Å². The van der Waals surface area contributed by atoms with Crippen molar-refractivity contribution < 1.29 is 5.21 Å². The second kappa shape index (κ2) is 4.46. The monoisotopic (exact) mass is 208 g/mol. The zero-order valence-electron chi connectivity index (χ0n) is 8.85. The van der Waals surface area contributed by atoms with Crippen LogP contribution in [0.1, 0.15) is 0 Å². The highest BCUT2D eigenvalue weighted by Gasteiger charge is 2.14. The van der Waals surface area contributed by atoms with Crippen LogP contribution in [0, 0.1) is 0 Å². The summed E-state index contributed by atoms with van der Waals surface area (Å²) in [6.45, 7) is 4.23. The van der Waals surface area contributed by atoms with Crippen molar-refractivity contribution in [3.8, 4) is 0 Å². The largest absolute Gasteiger partial charge is 0.368 e. The third-order valence-corrected chi connectivity index (χ3v) is 2.73. The van der Waals surface area contributed by atoms with Gasteiger partial charge in [0.05, 0.1) is 11.9 Å². The summed E-state index contributed by atoms with van der Waals surface area (Å²) in [5.74, 6) is 0.480. The van der Waals surface area contributed by atoms with Crippen LogP contribution in [0.15, 0.2) is 18.3 Å². The fourth-order valence-corrected chi connectivity index (χ4v) is 1.70. The average Bonchev–Trinajstić information content (AvgIpc) is 2.30. The number of pyridine rings is 1. The summed E-state index contributed by atoms with van der Waals surface area (Å²) >= 11 is 0. The van der Waals surface area contributed by atoms with Crippen LogP contribution in [0.2, 0.25) is 0 Å². The van der Waals surface area contributed by atoms with Gasteiger partial charge in [-0.3, -0.25) is 10.7 Å². The molecule has 82 valence electrons. The zero-order valence-corrected chi connectivity index (χ0v) is 8.85. The number of nitrogens with one attached hydrogen (secondary N) is 1. The summed E-state index contributed by atoms with van der Waals surface area (Å²) in [7, 11) is 2.13. The molecule has 0 bridgehead atoms. The van der Waals surface area contributed by atoms with Gasteiger partial charge >= 0.3 is 0 Å². The Balaban J connectivity index is 2.03. The minimum absolute atomic E-state index is 0.480. The minimum Gasteiger partial charge on any atom is -0.368 e. The topological polar surface area (TPSA) is 51.6 Å². The maximum atomic E-state index is 8.64. The smallest absolute Gasteiger partial charge is 0.149 e. The van der Waals surface area contributed by atoms with Crippen LogP contribution >= 0.6 is 0 Å². The van der Waals surface area contributed by atoms with Crippen molar-refractivity contribution >= 4 is 11.5 Å². The molecule has 0 radical (unpaired) electrons. The molecule has 1 aromatic rings. The first-order chi connectivity index (χ1) is 7.29. The summed E-state index contributed by atoms with van der Waals surface area (Å²) in [5, 5.41) is 8.64. The van der Waals surface area contributed by atoms with Gasteiger partial charge in [-0.1, -0.05) is 0 Å². The van der Waals surface area contributed by atoms with Crippen LogP contribution in [0.3, 0.4) is 0 Å². The van der Waals surface area contributed by atoms with E-state index in [0.29, 0.717) is 5.82 Å². The molecule has 0 spiro atoms. The zero-order chi connectivity index (χ0) is 10.7. The van der Waals surface area contributed by atoms with Crippen molar-refractivity contribution in [1.82, 2.24) is 9.88 Å². The van der Waals surface area contributed by atoms with Crippen LogP contribution in [-0.4, -0.2) is 48.3 Å². The SMILES string of the molecule is CN1CCN(c2ccc(NO)nc2)CC1. The van der Waals surface area contributed by atoms with E-state index < -0.39 is 0 Å². The average molecular weight is 208 g/mol. The number of hydrogen-bond donors (Lipinski definition) is 2. The number of aromatic nitrogens is 1. The van der Waals surface area contributed by atoms with E-state index >= 15 is 0 Å². The predicted molar refractivity (Wildman–Crippen MR) is 59.4 cm³/mol. The number of nitrogens with zero attached hydrogens (tertiary/aromatic N) is 3. The Bertz CT molecular complexity index is 306. The van der Waals surface area contributed by atoms with Gasteiger partial charge in [-0.15, -0.1) is 0 Å². The molecule has 5 heteroatoms. The van der Waals surface area contributed by atoms with Crippen molar-refractivity contribution in [2.75, 3.05) is 43.6 Å². The Hall–Kier alpha value is -1.33. The second-order valence-electron chi connectivity index (χ2n) is 3.80. The number of anilines is 2. The van der Waals surface area contributed by atoms with Gasteiger partial charge in [-0.05, 0) is 19.2 Å². The first-order valence-corrected chi connectivity index (χ1v) is 5.09. The van der Waals surface area contributed by atoms with E-state index in [1.165, 1.54) is 0 Å². The van der Waals surface area contributed by atoms with Crippen molar-refractivity contribution in [3.63, 3.8) is 0 Å². The van der Waals surface area contributed by atoms with E-state index in [9.17, 15) is 0 Å². The van der Waals surface area contributed by atoms with Gasteiger partial charge in [0.2, 0.25) is 0 Å². The molecule has 1 saturated heterocycles. The number of hydrogen-bond acceptors (Lipinski definition) is 5. The Kier molecular flexibility index (Phi) is 3.03. The Morgan fingerprint density at radius 1 is 1.27 bits per heavy atom. The van der Waals surface area contributed by atoms with E-state index in [1.54, 1.807) is 12.3 Å². The fourth-order valence-electron chi connectivity index (χ4n) is 1.70. The van der Waals surface area contributed by atoms with Crippen molar-refractivity contribution in [1.29, 1.82) is 0 Å². The molecule has 0 amide bonds. The van der Waals surface area contributed by atoms with Crippen LogP contribution in [0.25, 0.3) is 0 Å². The summed E-state index contributed by atoms with van der Waals surface area (Å²) < 4.78 is 0. The Morgan fingerprint density at radius 3 is 2.53 bits per heavy atom. The van der Waals surface area contributed by atoms with E-state index in [4.69, 9.17) is 5.21 Å². The molecule has 2 N–H and O–H groups in total. The third kappa shape index (κ3) is 2.37. The number of likely N-dealkylation sites (N-methyl/N-ethyl adjacent to an activating group) is 1. The van der Waals surface area contributed by atoms with Gasteiger partial charge in [0.25, 0.3) is 0 Å². The van der Waals surface area contributed by atoms with E-state index in [1.807, 2.05) is 11.5 Å². The van der Waals surface area contributed by atoms with Crippen LogP contribution in [-0.2, 0) is 0 Å². The van der Waals surface area contributed by atoms with Crippen LogP contribution < -0.4 is 10.4 Å². The molecule has 2 heterocycles. The van der Waals surface area contributed by atoms with E-state index in [2.05, 4.69) is 21.8 Å². The number of rotatable bonds is 2. The Morgan fingerprint density at radius 2 is 2.00 bits per heavy atom. The quantitative estimate of drug-likeness (QED) is 0.698. The van der Waals surface area contributed by atoms with E-state index in [-0.39, 0.29) is 0 Å². The first kappa shape index (κ1) is 10.2. The molecule has 1 aromatic heterocycles. The van der Waals surface area contributed by atoms with Gasteiger partial charge in [0.1, 0.15) is 5.82 Å². The minimum atomic E-state index is 0.480. The first-order valence-electron chi connectivity index (χ1n) is 5.09. The molecule has 0 aliphatic carbocycles. The molecule has 2 rings (SSSR count). The molecular weight excluding hydrogens is 192 g/mol. The van der Waals surface area contributed by atoms with Gasteiger partial charge in [-0.2, -0.15) is 0 Å². The van der Waals surface area contributed by atoms with Crippen LogP contribution in [0.4, 0.5) is 11.5 Å². The van der Waals surface area contributed by atoms with Crippen LogP contribution in [0.5, 0.6) is 0 Å². The molecule has 0 saturated carbocycles. The molecule has 0 unspecified atom stereocenters. The lowest BCUT2D eigenvalue weighted by atomic mass is 10.3. The highest BCUT2D eigenvalue weighted by Crippen LogP contribution is 2.16. The maximum Gasteiger partial charge on any atom is 0.149 e. The number of piperazine rings is 1. The summed E-state index contributed by atoms with van der Waals surface area (Å²) in [6.07, 6.45) is 1.78. The van der Waals surface area contributed by atoms with Gasteiger partial charge in [-0.25, -0.2) is 4.98 Å². The highest BCUT2D eigenvalue weighted by atomic mass is 16.5. The molecule has 1 aliphatic rings. The van der Waals surface area contributed by atoms with Gasteiger partial charge in [0, 0.05) is 26.2 Å². The third-order valence-electron chi connectivity index (χ3n) is 2.73. The Labute approximate surface area is 89.3 Å². The standard InChI is InChI=1S/C10H16N4O/c1-13-4-6-14(7-5-13)9-2-3-10(12-15)11-8-9/h2-3,8,15H,4-7H2,1H3,(H,11,12). The molecule has 0 atom stereocenters. The molecule has 0 aromatic carbocycles. The van der Waals surface area contributed by atoms with Gasteiger partial charge < -0.3 is 9.80 Å². The molecule has 1 fully saturated rings. The molecule has 5 nitrogen and oxygen atoms in total. The fraction of sp³-hybridized carbons (Fsp3) is 0.500. The maximum absolute atomic E-state index is 8.64. The van der Waals surface area contributed by atoms with Crippen molar-refractivity contribution in [2.24, 2.45) is 0 Å². The lowest BCUT2D eigenvalue weighted by Crippen LogP contribution is -2.44. The molecular formula is C10H16N4O. The summed E-state index contributed by atoms with van der Waals surface area (Å²) in [6, 6.07) is 3.74. The summed E-state index contributed by atoms with van der Waals surface area (Å²) in [5.41, 5.74) is 3.14. The lowest BCUT2D eigenvalue weighted by molar-refractivity contribution is 0.313. The molecule has 15 heavy (non-hydrogen) atoms. The second-order valence-corrected chi connectivity index (χ2v) is 3.80. The van der Waals surface area contributed by atoms with E-state index in [0.717, 1.165) is 31.9 Å².